The summed E-state index contributed by atoms with van der Waals surface area (Å²) in [5.74, 6) is -1.85. The molecule has 0 N–H and O–H groups in total. The van der Waals surface area contributed by atoms with E-state index in [1.807, 2.05) is 4.90 Å². The van der Waals surface area contributed by atoms with E-state index in [9.17, 15) is 22.4 Å². The fraction of sp³-hybridized carbons (Fsp3) is 0.588. The van der Waals surface area contributed by atoms with E-state index in [0.29, 0.717) is 39.3 Å². The lowest BCUT2D eigenvalue weighted by molar-refractivity contribution is -0.185. The first-order valence-corrected chi connectivity index (χ1v) is 8.94. The Kier molecular flexibility index (Phi) is 5.62. The molecule has 2 aliphatic heterocycles. The zero-order valence-electron chi connectivity index (χ0n) is 14.1. The van der Waals surface area contributed by atoms with Gasteiger partial charge in [0.1, 0.15) is 0 Å². The number of alkyl halides is 3. The molecule has 1 aromatic rings. The maximum atomic E-state index is 14.1. The third kappa shape index (κ3) is 4.06. The first kappa shape index (κ1) is 19.2. The van der Waals surface area contributed by atoms with E-state index in [1.54, 1.807) is 11.0 Å². The second kappa shape index (κ2) is 7.60. The first-order chi connectivity index (χ1) is 12.3. The molecule has 2 fully saturated rings. The van der Waals surface area contributed by atoms with Gasteiger partial charge in [0.25, 0.3) is 0 Å². The van der Waals surface area contributed by atoms with Crippen LogP contribution < -0.4 is 4.90 Å². The molecule has 2 amide bonds. The normalized spacial score (nSPS) is 20.3. The molecule has 0 aromatic heterocycles. The molecular weight excluding hydrogens is 374 g/mol. The fourth-order valence-electron chi connectivity index (χ4n) is 3.46. The van der Waals surface area contributed by atoms with Gasteiger partial charge in [0.15, 0.2) is 5.82 Å². The highest BCUT2D eigenvalue weighted by molar-refractivity contribution is 6.31. The first-order valence-electron chi connectivity index (χ1n) is 8.57. The van der Waals surface area contributed by atoms with Gasteiger partial charge in [0.2, 0.25) is 0 Å². The summed E-state index contributed by atoms with van der Waals surface area (Å²) in [6.45, 7) is 2.48. The number of rotatable bonds is 4. The van der Waals surface area contributed by atoms with Gasteiger partial charge in [-0.2, -0.15) is 13.2 Å². The van der Waals surface area contributed by atoms with E-state index < -0.39 is 17.9 Å². The number of carbonyl (C=O) groups excluding carboxylic acids is 1. The van der Waals surface area contributed by atoms with Crippen LogP contribution in [0.5, 0.6) is 0 Å². The molecule has 0 spiro atoms. The number of urea groups is 1. The van der Waals surface area contributed by atoms with E-state index in [1.165, 1.54) is 17.0 Å². The molecule has 0 saturated carbocycles. The molecule has 0 radical (unpaired) electrons. The van der Waals surface area contributed by atoms with E-state index in [4.69, 9.17) is 11.6 Å². The van der Waals surface area contributed by atoms with Crippen LogP contribution >= 0.6 is 11.6 Å². The Morgan fingerprint density at radius 2 is 1.77 bits per heavy atom. The van der Waals surface area contributed by atoms with Crippen LogP contribution in [-0.4, -0.2) is 61.3 Å². The number of hydrogen-bond acceptors (Lipinski definition) is 2. The van der Waals surface area contributed by atoms with Crippen LogP contribution in [0.4, 0.5) is 28.0 Å². The van der Waals surface area contributed by atoms with Gasteiger partial charge in [0, 0.05) is 26.2 Å². The maximum Gasteiger partial charge on any atom is 0.391 e. The third-order valence-electron chi connectivity index (χ3n) is 5.05. The molecule has 26 heavy (non-hydrogen) atoms. The van der Waals surface area contributed by atoms with E-state index in [0.717, 1.165) is 0 Å². The molecule has 144 valence electrons. The Balaban J connectivity index is 1.52. The number of nitrogens with zero attached hydrogens (tertiary/aromatic N) is 3. The highest BCUT2D eigenvalue weighted by Crippen LogP contribution is 2.34. The van der Waals surface area contributed by atoms with Crippen LogP contribution in [-0.2, 0) is 0 Å². The summed E-state index contributed by atoms with van der Waals surface area (Å²) in [5, 5.41) is -0.0405. The lowest BCUT2D eigenvalue weighted by Gasteiger charge is -2.33. The average molecular weight is 394 g/mol. The Hall–Kier alpha value is -1.54. The van der Waals surface area contributed by atoms with Crippen molar-refractivity contribution in [2.45, 2.75) is 19.0 Å². The molecule has 0 atom stereocenters. The quantitative estimate of drug-likeness (QED) is 0.723. The van der Waals surface area contributed by atoms with Crippen LogP contribution in [0.1, 0.15) is 12.8 Å². The molecule has 0 unspecified atom stereocenters. The summed E-state index contributed by atoms with van der Waals surface area (Å²) in [4.78, 5) is 17.4. The highest BCUT2D eigenvalue weighted by Gasteiger charge is 2.41. The second-order valence-corrected chi connectivity index (χ2v) is 7.06. The highest BCUT2D eigenvalue weighted by atomic mass is 35.5. The minimum atomic E-state index is -4.13. The van der Waals surface area contributed by atoms with Gasteiger partial charge in [-0.15, -0.1) is 0 Å². The average Bonchev–Trinajstić information content (AvgIpc) is 2.96. The molecule has 2 aliphatic rings. The van der Waals surface area contributed by atoms with Gasteiger partial charge < -0.3 is 9.80 Å². The Morgan fingerprint density at radius 1 is 1.08 bits per heavy atom. The third-order valence-corrected chi connectivity index (χ3v) is 5.35. The van der Waals surface area contributed by atoms with Gasteiger partial charge in [-0.3, -0.25) is 4.90 Å². The molecule has 9 heteroatoms. The van der Waals surface area contributed by atoms with Crippen molar-refractivity contribution in [1.29, 1.82) is 0 Å². The lowest BCUT2D eigenvalue weighted by Crippen LogP contribution is -2.43. The molecular formula is C17H20ClF4N3O. The zero-order valence-corrected chi connectivity index (χ0v) is 14.9. The molecule has 2 heterocycles. The van der Waals surface area contributed by atoms with Gasteiger partial charge in [0.05, 0.1) is 16.6 Å². The van der Waals surface area contributed by atoms with Gasteiger partial charge in [-0.1, -0.05) is 17.7 Å². The van der Waals surface area contributed by atoms with Crippen LogP contribution in [0, 0.1) is 11.7 Å². The van der Waals surface area contributed by atoms with Crippen LogP contribution in [0.25, 0.3) is 0 Å². The number of halogens is 5. The van der Waals surface area contributed by atoms with Crippen molar-refractivity contribution < 1.29 is 22.4 Å². The van der Waals surface area contributed by atoms with E-state index >= 15 is 0 Å². The molecule has 4 nitrogen and oxygen atoms in total. The summed E-state index contributed by atoms with van der Waals surface area (Å²) >= 11 is 5.77. The standard InChI is InChI=1S/C17H20ClF4N3O/c18-13-2-1-3-14(15(13)19)25-11-10-24(16(25)26)9-8-23-6-4-12(5-7-23)17(20,21)22/h1-3,12H,4-11H2. The van der Waals surface area contributed by atoms with Crippen LogP contribution in [0.3, 0.4) is 0 Å². The number of piperidine rings is 1. The van der Waals surface area contributed by atoms with E-state index in [2.05, 4.69) is 0 Å². The zero-order chi connectivity index (χ0) is 18.9. The minimum absolute atomic E-state index is 0.0405. The maximum absolute atomic E-state index is 14.1. The summed E-state index contributed by atoms with van der Waals surface area (Å²) in [7, 11) is 0. The topological polar surface area (TPSA) is 26.8 Å². The Bertz CT molecular complexity index is 662. The number of likely N-dealkylation sites (tertiary alicyclic amines) is 1. The van der Waals surface area contributed by atoms with Crippen molar-refractivity contribution in [2.75, 3.05) is 44.2 Å². The van der Waals surface area contributed by atoms with Crippen LogP contribution in [0.15, 0.2) is 18.2 Å². The largest absolute Gasteiger partial charge is 0.391 e. The van der Waals surface area contributed by atoms with Gasteiger partial charge in [-0.25, -0.2) is 9.18 Å². The SMILES string of the molecule is O=C1N(CCN2CCC(C(F)(F)F)CC2)CCN1c1cccc(Cl)c1F. The summed E-state index contributed by atoms with van der Waals surface area (Å²) in [5.41, 5.74) is 0.149. The number of benzene rings is 1. The fourth-order valence-corrected chi connectivity index (χ4v) is 3.63. The lowest BCUT2D eigenvalue weighted by atomic mass is 9.96. The Morgan fingerprint density at radius 3 is 2.42 bits per heavy atom. The van der Waals surface area contributed by atoms with Crippen molar-refractivity contribution in [3.8, 4) is 0 Å². The smallest absolute Gasteiger partial charge is 0.321 e. The molecule has 0 bridgehead atoms. The van der Waals surface area contributed by atoms with Gasteiger partial charge in [-0.05, 0) is 38.1 Å². The van der Waals surface area contributed by atoms with Crippen molar-refractivity contribution >= 4 is 23.3 Å². The van der Waals surface area contributed by atoms with E-state index in [-0.39, 0.29) is 29.6 Å². The predicted molar refractivity (Wildman–Crippen MR) is 90.9 cm³/mol. The Labute approximate surface area is 154 Å². The summed E-state index contributed by atoms with van der Waals surface area (Å²) < 4.78 is 52.2. The number of carbonyl (C=O) groups is 1. The summed E-state index contributed by atoms with van der Waals surface area (Å²) in [6.07, 6.45) is -3.94. The molecule has 1 aromatic carbocycles. The molecule has 2 saturated heterocycles. The van der Waals surface area contributed by atoms with Crippen molar-refractivity contribution in [1.82, 2.24) is 9.80 Å². The number of amides is 2. The minimum Gasteiger partial charge on any atom is -0.321 e. The monoisotopic (exact) mass is 393 g/mol. The molecule has 3 rings (SSSR count). The molecule has 0 aliphatic carbocycles. The van der Waals surface area contributed by atoms with Crippen molar-refractivity contribution in [3.05, 3.63) is 29.0 Å². The van der Waals surface area contributed by atoms with Crippen LogP contribution in [0.2, 0.25) is 5.02 Å². The second-order valence-electron chi connectivity index (χ2n) is 6.65. The summed E-state index contributed by atoms with van der Waals surface area (Å²) in [6, 6.07) is 4.20. The van der Waals surface area contributed by atoms with Crippen molar-refractivity contribution in [3.63, 3.8) is 0 Å². The number of anilines is 1. The number of hydrogen-bond donors (Lipinski definition) is 0. The van der Waals surface area contributed by atoms with Gasteiger partial charge >= 0.3 is 12.2 Å². The predicted octanol–water partition coefficient (Wildman–Crippen LogP) is 4.00. The van der Waals surface area contributed by atoms with Crippen molar-refractivity contribution in [2.24, 2.45) is 5.92 Å².